The Balaban J connectivity index is 1.17. The molecule has 8 heteroatoms. The molecule has 1 saturated carbocycles. The number of carbonyl (C=O) groups excluding carboxylic acids is 1. The first-order valence-corrected chi connectivity index (χ1v) is 14.3. The van der Waals surface area contributed by atoms with Gasteiger partial charge in [0, 0.05) is 18.5 Å². The maximum Gasteiger partial charge on any atom is 0.226 e. The summed E-state index contributed by atoms with van der Waals surface area (Å²) in [6.07, 6.45) is 11.6. The number of amides is 1. The van der Waals surface area contributed by atoms with Crippen LogP contribution in [-0.2, 0) is 14.8 Å². The SMILES string of the molecule is CC1(S(=O)(=O)NC2CCC(C(=O)N3CCC[C@@H]3c3ccccc3)CC2)CC=C(c2cocn2)CC1. The highest BCUT2D eigenvalue weighted by Crippen LogP contribution is 2.39. The summed E-state index contributed by atoms with van der Waals surface area (Å²) in [6.45, 7) is 2.64. The van der Waals surface area contributed by atoms with Crippen LogP contribution in [0, 0.1) is 5.92 Å². The molecule has 1 aromatic carbocycles. The van der Waals surface area contributed by atoms with E-state index in [2.05, 4.69) is 26.7 Å². The molecule has 35 heavy (non-hydrogen) atoms. The molecule has 188 valence electrons. The maximum atomic E-state index is 13.4. The molecular weight excluding hydrogens is 462 g/mol. The molecule has 0 radical (unpaired) electrons. The van der Waals surface area contributed by atoms with Gasteiger partial charge in [0.05, 0.1) is 10.8 Å². The van der Waals surface area contributed by atoms with E-state index in [4.69, 9.17) is 4.42 Å². The fraction of sp³-hybridized carbons (Fsp3) is 0.556. The quantitative estimate of drug-likeness (QED) is 0.616. The van der Waals surface area contributed by atoms with Gasteiger partial charge in [-0.15, -0.1) is 0 Å². The van der Waals surface area contributed by atoms with Crippen molar-refractivity contribution in [2.45, 2.75) is 81.5 Å². The molecule has 1 aromatic heterocycles. The van der Waals surface area contributed by atoms with Crippen molar-refractivity contribution in [2.24, 2.45) is 5.92 Å². The van der Waals surface area contributed by atoms with Gasteiger partial charge in [0.2, 0.25) is 15.9 Å². The Labute approximate surface area is 208 Å². The molecule has 1 unspecified atom stereocenters. The van der Waals surface area contributed by atoms with E-state index in [0.29, 0.717) is 32.1 Å². The lowest BCUT2D eigenvalue weighted by molar-refractivity contribution is -0.137. The number of benzene rings is 1. The topological polar surface area (TPSA) is 92.5 Å². The summed E-state index contributed by atoms with van der Waals surface area (Å²) in [6, 6.07) is 10.4. The van der Waals surface area contributed by atoms with Crippen LogP contribution >= 0.6 is 0 Å². The minimum Gasteiger partial charge on any atom is -0.451 e. The Bertz CT molecular complexity index is 1150. The highest BCUT2D eigenvalue weighted by atomic mass is 32.2. The Morgan fingerprint density at radius 2 is 1.91 bits per heavy atom. The molecule has 1 aliphatic heterocycles. The number of aromatic nitrogens is 1. The van der Waals surface area contributed by atoms with Gasteiger partial charge >= 0.3 is 0 Å². The van der Waals surface area contributed by atoms with Gasteiger partial charge in [0.1, 0.15) is 12.0 Å². The normalized spacial score (nSPS) is 29.7. The Hall–Kier alpha value is -2.45. The van der Waals surface area contributed by atoms with Crippen LogP contribution in [0.1, 0.15) is 82.0 Å². The first kappa shape index (κ1) is 24.3. The average Bonchev–Trinajstić information content (AvgIpc) is 3.58. The molecular formula is C27H35N3O4S. The molecule has 1 N–H and O–H groups in total. The van der Waals surface area contributed by atoms with Crippen LogP contribution in [0.5, 0.6) is 0 Å². The molecule has 2 aliphatic carbocycles. The Morgan fingerprint density at radius 3 is 2.57 bits per heavy atom. The van der Waals surface area contributed by atoms with Crippen LogP contribution in [0.2, 0.25) is 0 Å². The van der Waals surface area contributed by atoms with E-state index in [0.717, 1.165) is 43.5 Å². The summed E-state index contributed by atoms with van der Waals surface area (Å²) in [7, 11) is -3.51. The summed E-state index contributed by atoms with van der Waals surface area (Å²) in [5, 5.41) is 0. The maximum absolute atomic E-state index is 13.4. The lowest BCUT2D eigenvalue weighted by atomic mass is 9.85. The summed E-state index contributed by atoms with van der Waals surface area (Å²) >= 11 is 0. The van der Waals surface area contributed by atoms with Crippen LogP contribution in [-0.4, -0.2) is 41.5 Å². The van der Waals surface area contributed by atoms with Crippen LogP contribution in [0.3, 0.4) is 0 Å². The van der Waals surface area contributed by atoms with Crippen LogP contribution < -0.4 is 4.72 Å². The van der Waals surface area contributed by atoms with Gasteiger partial charge in [-0.05, 0) is 75.8 Å². The molecule has 2 atom stereocenters. The van der Waals surface area contributed by atoms with Crippen molar-refractivity contribution in [3.05, 3.63) is 60.3 Å². The second kappa shape index (κ2) is 9.90. The first-order chi connectivity index (χ1) is 16.9. The third-order valence-electron chi connectivity index (χ3n) is 8.23. The molecule has 0 bridgehead atoms. The van der Waals surface area contributed by atoms with Crippen molar-refractivity contribution in [1.29, 1.82) is 0 Å². The van der Waals surface area contributed by atoms with Crippen molar-refractivity contribution in [2.75, 3.05) is 6.54 Å². The van der Waals surface area contributed by atoms with E-state index < -0.39 is 14.8 Å². The number of nitrogens with zero attached hydrogens (tertiary/aromatic N) is 2. The zero-order valence-electron chi connectivity index (χ0n) is 20.4. The van der Waals surface area contributed by atoms with Crippen molar-refractivity contribution < 1.29 is 17.6 Å². The van der Waals surface area contributed by atoms with E-state index >= 15 is 0 Å². The number of hydrogen-bond acceptors (Lipinski definition) is 5. The molecule has 0 spiro atoms. The number of allylic oxidation sites excluding steroid dienone is 2. The Morgan fingerprint density at radius 1 is 1.14 bits per heavy atom. The molecule has 2 fully saturated rings. The van der Waals surface area contributed by atoms with Gasteiger partial charge in [0.25, 0.3) is 0 Å². The zero-order valence-corrected chi connectivity index (χ0v) is 21.2. The van der Waals surface area contributed by atoms with Gasteiger partial charge in [-0.2, -0.15) is 0 Å². The summed E-state index contributed by atoms with van der Waals surface area (Å²) in [5.41, 5.74) is 3.04. The van der Waals surface area contributed by atoms with E-state index in [1.807, 2.05) is 31.2 Å². The van der Waals surface area contributed by atoms with Crippen molar-refractivity contribution in [1.82, 2.24) is 14.6 Å². The number of hydrogen-bond donors (Lipinski definition) is 1. The smallest absolute Gasteiger partial charge is 0.226 e. The summed E-state index contributed by atoms with van der Waals surface area (Å²) in [4.78, 5) is 19.6. The fourth-order valence-electron chi connectivity index (χ4n) is 5.90. The monoisotopic (exact) mass is 497 g/mol. The van der Waals surface area contributed by atoms with Crippen molar-refractivity contribution in [3.63, 3.8) is 0 Å². The van der Waals surface area contributed by atoms with Crippen LogP contribution in [0.15, 0.2) is 53.5 Å². The molecule has 2 heterocycles. The molecule has 7 nitrogen and oxygen atoms in total. The average molecular weight is 498 g/mol. The highest BCUT2D eigenvalue weighted by molar-refractivity contribution is 7.90. The molecule has 2 aromatic rings. The van der Waals surface area contributed by atoms with Gasteiger partial charge in [0.15, 0.2) is 6.39 Å². The predicted octanol–water partition coefficient (Wildman–Crippen LogP) is 4.84. The van der Waals surface area contributed by atoms with Gasteiger partial charge in [-0.3, -0.25) is 4.79 Å². The van der Waals surface area contributed by atoms with E-state index in [9.17, 15) is 13.2 Å². The summed E-state index contributed by atoms with van der Waals surface area (Å²) < 4.78 is 33.9. The van der Waals surface area contributed by atoms with Crippen LogP contribution in [0.4, 0.5) is 0 Å². The number of carbonyl (C=O) groups is 1. The lowest BCUT2D eigenvalue weighted by Gasteiger charge is -2.36. The number of rotatable bonds is 6. The summed E-state index contributed by atoms with van der Waals surface area (Å²) in [5.74, 6) is 0.223. The lowest BCUT2D eigenvalue weighted by Crippen LogP contribution is -2.50. The number of nitrogens with one attached hydrogen (secondary N) is 1. The second-order valence-electron chi connectivity index (χ2n) is 10.5. The molecule has 5 rings (SSSR count). The highest BCUT2D eigenvalue weighted by Gasteiger charge is 2.42. The van der Waals surface area contributed by atoms with E-state index in [-0.39, 0.29) is 23.9 Å². The number of likely N-dealkylation sites (tertiary alicyclic amines) is 1. The van der Waals surface area contributed by atoms with E-state index in [1.165, 1.54) is 12.0 Å². The minimum absolute atomic E-state index is 0.0155. The first-order valence-electron chi connectivity index (χ1n) is 12.8. The Kier molecular flexibility index (Phi) is 6.86. The second-order valence-corrected chi connectivity index (χ2v) is 12.8. The standard InChI is InChI=1S/C27H35N3O4S/c1-27(15-13-20(14-16-27)24-18-34-19-28-24)35(32,33)29-23-11-9-22(10-12-23)26(31)30-17-5-8-25(30)21-6-3-2-4-7-21/h2-4,6-7,13,18-19,22-23,25,29H,5,8-12,14-17H2,1H3/t22?,23?,25-,27?/m1/s1. The van der Waals surface area contributed by atoms with Crippen molar-refractivity contribution in [3.8, 4) is 0 Å². The fourth-order valence-corrected chi connectivity index (χ4v) is 7.53. The molecule has 3 aliphatic rings. The molecule has 1 amide bonds. The van der Waals surface area contributed by atoms with Gasteiger partial charge in [-0.1, -0.05) is 36.4 Å². The van der Waals surface area contributed by atoms with Crippen LogP contribution in [0.25, 0.3) is 5.57 Å². The number of sulfonamides is 1. The third-order valence-corrected chi connectivity index (χ3v) is 10.5. The molecule has 1 saturated heterocycles. The third kappa shape index (κ3) is 4.96. The minimum atomic E-state index is -3.51. The van der Waals surface area contributed by atoms with Gasteiger partial charge < -0.3 is 9.32 Å². The van der Waals surface area contributed by atoms with Gasteiger partial charge in [-0.25, -0.2) is 18.1 Å². The largest absolute Gasteiger partial charge is 0.451 e. The predicted molar refractivity (Wildman–Crippen MR) is 135 cm³/mol. The zero-order chi connectivity index (χ0) is 24.5. The van der Waals surface area contributed by atoms with Crippen molar-refractivity contribution >= 4 is 21.5 Å². The number of oxazole rings is 1. The van der Waals surface area contributed by atoms with E-state index in [1.54, 1.807) is 6.26 Å².